The van der Waals surface area contributed by atoms with Crippen molar-refractivity contribution in [1.82, 2.24) is 30.2 Å². The highest BCUT2D eigenvalue weighted by Crippen LogP contribution is 2.18. The third-order valence-electron chi connectivity index (χ3n) is 5.55. The molecule has 0 unspecified atom stereocenters. The van der Waals surface area contributed by atoms with Crippen LogP contribution >= 0.6 is 0 Å². The van der Waals surface area contributed by atoms with Crippen LogP contribution in [0, 0.1) is 6.92 Å². The fraction of sp³-hybridized carbons (Fsp3) is 0.0385. The molecule has 5 aromatic rings. The van der Waals surface area contributed by atoms with Gasteiger partial charge in [-0.2, -0.15) is 5.10 Å². The van der Waals surface area contributed by atoms with Crippen LogP contribution in [0.5, 0.6) is 5.75 Å². The van der Waals surface area contributed by atoms with Gasteiger partial charge in [0.05, 0.1) is 28.5 Å². The lowest BCUT2D eigenvalue weighted by Gasteiger charge is -2.12. The van der Waals surface area contributed by atoms with E-state index in [9.17, 15) is 19.5 Å². The highest BCUT2D eigenvalue weighted by atomic mass is 16.3. The Bertz CT molecular complexity index is 1660. The molecule has 0 saturated carbocycles. The molecule has 5 rings (SSSR count). The Morgan fingerprint density at radius 1 is 0.833 bits per heavy atom. The van der Waals surface area contributed by atoms with Gasteiger partial charge in [0.1, 0.15) is 5.82 Å². The summed E-state index contributed by atoms with van der Waals surface area (Å²) < 4.78 is 2.83. The van der Waals surface area contributed by atoms with Crippen molar-refractivity contribution in [3.8, 4) is 17.1 Å². The van der Waals surface area contributed by atoms with Crippen LogP contribution in [0.3, 0.4) is 0 Å². The number of carbonyl (C=O) groups is 2. The lowest BCUT2D eigenvalue weighted by molar-refractivity contribution is 0.0842. The first-order valence-electron chi connectivity index (χ1n) is 11.0. The number of aromatic nitrogens is 4. The number of hydrazine groups is 1. The monoisotopic (exact) mass is 480 g/mol. The van der Waals surface area contributed by atoms with Crippen molar-refractivity contribution >= 4 is 22.7 Å². The van der Waals surface area contributed by atoms with E-state index in [0.717, 1.165) is 0 Å². The van der Waals surface area contributed by atoms with E-state index in [-0.39, 0.29) is 22.6 Å². The van der Waals surface area contributed by atoms with Gasteiger partial charge in [0, 0.05) is 5.56 Å². The Hall–Kier alpha value is -5.25. The van der Waals surface area contributed by atoms with E-state index >= 15 is 0 Å². The number of fused-ring (bicyclic) bond motifs is 1. The SMILES string of the molecule is Cc1nc2ccccc2c(=O)n1-c1ccc(C(=O)NNC(=O)c2nn(-c3ccccc3)cc2O)cc1. The Labute approximate surface area is 204 Å². The third kappa shape index (κ3) is 4.18. The van der Waals surface area contributed by atoms with Gasteiger partial charge in [-0.1, -0.05) is 30.3 Å². The number of nitrogens with one attached hydrogen (secondary N) is 2. The summed E-state index contributed by atoms with van der Waals surface area (Å²) in [6.07, 6.45) is 1.30. The quantitative estimate of drug-likeness (QED) is 0.339. The van der Waals surface area contributed by atoms with Crippen molar-refractivity contribution in [3.63, 3.8) is 0 Å². The molecule has 2 heterocycles. The third-order valence-corrected chi connectivity index (χ3v) is 5.55. The fourth-order valence-electron chi connectivity index (χ4n) is 3.79. The lowest BCUT2D eigenvalue weighted by Crippen LogP contribution is -2.41. The smallest absolute Gasteiger partial charge is 0.294 e. The molecule has 10 heteroatoms. The van der Waals surface area contributed by atoms with Crippen molar-refractivity contribution in [3.05, 3.63) is 112 Å². The zero-order chi connectivity index (χ0) is 25.2. The molecule has 178 valence electrons. The van der Waals surface area contributed by atoms with Gasteiger partial charge in [-0.15, -0.1) is 0 Å². The minimum absolute atomic E-state index is 0.211. The second kappa shape index (κ2) is 9.18. The van der Waals surface area contributed by atoms with Gasteiger partial charge in [0.25, 0.3) is 17.4 Å². The molecule has 0 spiro atoms. The molecule has 0 atom stereocenters. The highest BCUT2D eigenvalue weighted by molar-refractivity contribution is 5.99. The van der Waals surface area contributed by atoms with Gasteiger partial charge < -0.3 is 5.11 Å². The lowest BCUT2D eigenvalue weighted by atomic mass is 10.2. The van der Waals surface area contributed by atoms with Crippen LogP contribution in [0.25, 0.3) is 22.3 Å². The number of benzene rings is 3. The van der Waals surface area contributed by atoms with E-state index in [0.29, 0.717) is 28.1 Å². The molecule has 3 aromatic carbocycles. The number of rotatable bonds is 4. The molecule has 2 amide bonds. The first-order valence-corrected chi connectivity index (χ1v) is 11.0. The van der Waals surface area contributed by atoms with E-state index in [2.05, 4.69) is 20.9 Å². The first-order chi connectivity index (χ1) is 17.4. The average molecular weight is 480 g/mol. The number of hydrogen-bond donors (Lipinski definition) is 3. The van der Waals surface area contributed by atoms with Crippen LogP contribution < -0.4 is 16.4 Å². The van der Waals surface area contributed by atoms with E-state index in [4.69, 9.17) is 0 Å². The number of carbonyl (C=O) groups excluding carboxylic acids is 2. The van der Waals surface area contributed by atoms with Crippen molar-refractivity contribution < 1.29 is 14.7 Å². The Morgan fingerprint density at radius 2 is 1.50 bits per heavy atom. The molecule has 3 N–H and O–H groups in total. The molecule has 36 heavy (non-hydrogen) atoms. The molecule has 0 fully saturated rings. The summed E-state index contributed by atoms with van der Waals surface area (Å²) in [5.41, 5.74) is 6.16. The normalized spacial score (nSPS) is 10.8. The zero-order valence-corrected chi connectivity index (χ0v) is 19.0. The fourth-order valence-corrected chi connectivity index (χ4v) is 3.79. The minimum atomic E-state index is -0.781. The molecule has 0 radical (unpaired) electrons. The van der Waals surface area contributed by atoms with E-state index < -0.39 is 11.8 Å². The molecular weight excluding hydrogens is 460 g/mol. The second-order valence-electron chi connectivity index (χ2n) is 7.91. The number of nitrogens with zero attached hydrogens (tertiary/aromatic N) is 4. The van der Waals surface area contributed by atoms with E-state index in [1.807, 2.05) is 12.1 Å². The van der Waals surface area contributed by atoms with Gasteiger partial charge in [0.15, 0.2) is 11.4 Å². The van der Waals surface area contributed by atoms with Crippen molar-refractivity contribution in [2.45, 2.75) is 6.92 Å². The van der Waals surface area contributed by atoms with Crippen molar-refractivity contribution in [1.29, 1.82) is 0 Å². The van der Waals surface area contributed by atoms with Gasteiger partial charge >= 0.3 is 0 Å². The summed E-state index contributed by atoms with van der Waals surface area (Å²) in [6.45, 7) is 1.73. The Balaban J connectivity index is 1.30. The molecule has 10 nitrogen and oxygen atoms in total. The summed E-state index contributed by atoms with van der Waals surface area (Å²) in [6, 6.07) is 22.4. The van der Waals surface area contributed by atoms with Crippen LogP contribution in [0.4, 0.5) is 0 Å². The molecule has 0 aliphatic heterocycles. The van der Waals surface area contributed by atoms with E-state index in [1.54, 1.807) is 61.5 Å². The van der Waals surface area contributed by atoms with Crippen LogP contribution in [-0.2, 0) is 0 Å². The number of hydrogen-bond acceptors (Lipinski definition) is 6. The van der Waals surface area contributed by atoms with Crippen LogP contribution in [0.1, 0.15) is 26.7 Å². The van der Waals surface area contributed by atoms with Gasteiger partial charge in [-0.05, 0) is 55.5 Å². The molecule has 0 saturated heterocycles. The molecular formula is C26H20N6O4. The van der Waals surface area contributed by atoms with Crippen molar-refractivity contribution in [2.75, 3.05) is 0 Å². The maximum atomic E-state index is 13.0. The summed E-state index contributed by atoms with van der Waals surface area (Å²) in [5.74, 6) is -1.19. The molecule has 2 aromatic heterocycles. The predicted molar refractivity (Wildman–Crippen MR) is 132 cm³/mol. The highest BCUT2D eigenvalue weighted by Gasteiger charge is 2.18. The maximum Gasteiger partial charge on any atom is 0.294 e. The van der Waals surface area contributed by atoms with Gasteiger partial charge in [-0.3, -0.25) is 29.8 Å². The molecule has 0 bridgehead atoms. The summed E-state index contributed by atoms with van der Waals surface area (Å²) >= 11 is 0. The van der Waals surface area contributed by atoms with Crippen LogP contribution in [0.15, 0.2) is 89.9 Å². The number of aromatic hydroxyl groups is 1. The average Bonchev–Trinajstić information content (AvgIpc) is 3.29. The van der Waals surface area contributed by atoms with Gasteiger partial charge in [0.2, 0.25) is 0 Å². The number of para-hydroxylation sites is 2. The summed E-state index contributed by atoms with van der Waals surface area (Å²) in [5, 5.41) is 14.7. The predicted octanol–water partition coefficient (Wildman–Crippen LogP) is 2.66. The number of aryl methyl sites for hydroxylation is 1. The molecule has 0 aliphatic rings. The molecule has 0 aliphatic carbocycles. The second-order valence-corrected chi connectivity index (χ2v) is 7.91. The topological polar surface area (TPSA) is 131 Å². The Kier molecular flexibility index (Phi) is 5.75. The summed E-state index contributed by atoms with van der Waals surface area (Å²) in [4.78, 5) is 42.5. The number of amides is 2. The first kappa shape index (κ1) is 22.5. The van der Waals surface area contributed by atoms with E-state index in [1.165, 1.54) is 27.6 Å². The largest absolute Gasteiger partial charge is 0.504 e. The maximum absolute atomic E-state index is 13.0. The zero-order valence-electron chi connectivity index (χ0n) is 19.0. The minimum Gasteiger partial charge on any atom is -0.504 e. The van der Waals surface area contributed by atoms with Crippen LogP contribution in [-0.4, -0.2) is 36.3 Å². The van der Waals surface area contributed by atoms with Crippen molar-refractivity contribution in [2.24, 2.45) is 0 Å². The van der Waals surface area contributed by atoms with Gasteiger partial charge in [-0.25, -0.2) is 9.67 Å². The Morgan fingerprint density at radius 3 is 2.25 bits per heavy atom. The van der Waals surface area contributed by atoms with Crippen LogP contribution in [0.2, 0.25) is 0 Å². The summed E-state index contributed by atoms with van der Waals surface area (Å²) in [7, 11) is 0. The standard InChI is InChI=1S/C26H20N6O4/c1-16-27-21-10-6-5-9-20(21)26(36)32(16)19-13-11-17(12-14-19)24(34)28-29-25(35)23-22(33)15-31(30-23)18-7-3-2-4-8-18/h2-15,33H,1H3,(H,28,34)(H,29,35).